The van der Waals surface area contributed by atoms with E-state index in [0.717, 1.165) is 17.8 Å². The molecule has 1 heterocycles. The Morgan fingerprint density at radius 3 is 2.44 bits per heavy atom. The summed E-state index contributed by atoms with van der Waals surface area (Å²) >= 11 is 1.99. The maximum Gasteiger partial charge on any atom is 0.0443 e. The van der Waals surface area contributed by atoms with Crippen LogP contribution in [-0.2, 0) is 0 Å². The predicted molar refractivity (Wildman–Crippen MR) is 69.9 cm³/mol. The molecule has 0 spiro atoms. The van der Waals surface area contributed by atoms with Crippen molar-refractivity contribution in [2.24, 2.45) is 17.8 Å². The molecule has 1 nitrogen and oxygen atoms in total. The van der Waals surface area contributed by atoms with E-state index in [9.17, 15) is 0 Å². The van der Waals surface area contributed by atoms with E-state index in [1.807, 2.05) is 11.3 Å². The van der Waals surface area contributed by atoms with Gasteiger partial charge in [0.1, 0.15) is 0 Å². The molecule has 2 saturated carbocycles. The van der Waals surface area contributed by atoms with Crippen LogP contribution in [0, 0.1) is 31.6 Å². The molecule has 2 aliphatic rings. The highest BCUT2D eigenvalue weighted by Gasteiger charge is 2.48. The van der Waals surface area contributed by atoms with Crippen molar-refractivity contribution in [2.45, 2.75) is 39.2 Å². The second-order valence-electron chi connectivity index (χ2n) is 5.66. The minimum Gasteiger partial charge on any atom is -0.312 e. The summed E-state index contributed by atoms with van der Waals surface area (Å²) in [5, 5.41) is 3.57. The summed E-state index contributed by atoms with van der Waals surface area (Å²) in [6, 6.07) is 2.95. The first kappa shape index (κ1) is 10.8. The van der Waals surface area contributed by atoms with E-state index in [4.69, 9.17) is 0 Å². The molecule has 0 amide bonds. The van der Waals surface area contributed by atoms with E-state index < -0.39 is 0 Å². The monoisotopic (exact) mass is 235 g/mol. The third-order valence-electron chi connectivity index (χ3n) is 4.42. The summed E-state index contributed by atoms with van der Waals surface area (Å²) in [6.45, 7) is 4.48. The molecule has 1 aromatic rings. The number of rotatable bonds is 3. The topological polar surface area (TPSA) is 12.0 Å². The van der Waals surface area contributed by atoms with Crippen molar-refractivity contribution < 1.29 is 0 Å². The van der Waals surface area contributed by atoms with Crippen LogP contribution in [0.15, 0.2) is 6.07 Å². The number of fused-ring (bicyclic) bond motifs is 1. The van der Waals surface area contributed by atoms with E-state index >= 15 is 0 Å². The Balaban J connectivity index is 1.82. The van der Waals surface area contributed by atoms with Crippen LogP contribution in [0.4, 0.5) is 0 Å². The number of nitrogens with one attached hydrogen (secondary N) is 1. The van der Waals surface area contributed by atoms with Crippen molar-refractivity contribution >= 4 is 11.3 Å². The SMILES string of the molecule is CNC(c1sc(C)cc1C)C1CC2CC2C1. The third-order valence-corrected chi connectivity index (χ3v) is 5.66. The van der Waals surface area contributed by atoms with Gasteiger partial charge in [-0.25, -0.2) is 0 Å². The van der Waals surface area contributed by atoms with Crippen molar-refractivity contribution in [3.63, 3.8) is 0 Å². The highest BCUT2D eigenvalue weighted by Crippen LogP contribution is 2.57. The van der Waals surface area contributed by atoms with Gasteiger partial charge in [0.05, 0.1) is 0 Å². The first-order chi connectivity index (χ1) is 7.69. The van der Waals surface area contributed by atoms with Gasteiger partial charge < -0.3 is 5.32 Å². The second-order valence-corrected chi connectivity index (χ2v) is 6.95. The Morgan fingerprint density at radius 2 is 1.94 bits per heavy atom. The third kappa shape index (κ3) is 1.72. The molecule has 3 unspecified atom stereocenters. The van der Waals surface area contributed by atoms with Gasteiger partial charge in [0.25, 0.3) is 0 Å². The summed E-state index contributed by atoms with van der Waals surface area (Å²) in [5.41, 5.74) is 1.49. The predicted octanol–water partition coefficient (Wildman–Crippen LogP) is 3.67. The second kappa shape index (κ2) is 3.85. The zero-order chi connectivity index (χ0) is 11.3. The van der Waals surface area contributed by atoms with Crippen molar-refractivity contribution in [1.82, 2.24) is 5.32 Å². The summed E-state index contributed by atoms with van der Waals surface area (Å²) < 4.78 is 0. The average molecular weight is 235 g/mol. The van der Waals surface area contributed by atoms with Gasteiger partial charge in [0, 0.05) is 15.8 Å². The van der Waals surface area contributed by atoms with E-state index in [0.29, 0.717) is 6.04 Å². The first-order valence-electron chi connectivity index (χ1n) is 6.43. The maximum atomic E-state index is 3.57. The van der Waals surface area contributed by atoms with Crippen molar-refractivity contribution in [2.75, 3.05) is 7.05 Å². The van der Waals surface area contributed by atoms with E-state index in [-0.39, 0.29) is 0 Å². The Labute approximate surface area is 102 Å². The van der Waals surface area contributed by atoms with Gasteiger partial charge in [-0.15, -0.1) is 11.3 Å². The fourth-order valence-electron chi connectivity index (χ4n) is 3.58. The van der Waals surface area contributed by atoms with E-state index in [1.54, 1.807) is 4.88 Å². The molecular weight excluding hydrogens is 214 g/mol. The lowest BCUT2D eigenvalue weighted by atomic mass is 9.92. The summed E-state index contributed by atoms with van der Waals surface area (Å²) in [7, 11) is 2.13. The highest BCUT2D eigenvalue weighted by atomic mass is 32.1. The van der Waals surface area contributed by atoms with Gasteiger partial charge in [-0.3, -0.25) is 0 Å². The lowest BCUT2D eigenvalue weighted by Crippen LogP contribution is -2.24. The molecule has 2 aliphatic carbocycles. The Kier molecular flexibility index (Phi) is 2.60. The van der Waals surface area contributed by atoms with Gasteiger partial charge in [-0.2, -0.15) is 0 Å². The lowest BCUT2D eigenvalue weighted by molar-refractivity contribution is 0.363. The van der Waals surface area contributed by atoms with Crippen molar-refractivity contribution in [3.8, 4) is 0 Å². The fourth-order valence-corrected chi connectivity index (χ4v) is 4.82. The van der Waals surface area contributed by atoms with Gasteiger partial charge >= 0.3 is 0 Å². The molecule has 3 rings (SSSR count). The minimum absolute atomic E-state index is 0.617. The van der Waals surface area contributed by atoms with Crippen LogP contribution in [0.1, 0.15) is 40.6 Å². The van der Waals surface area contributed by atoms with E-state index in [1.165, 1.54) is 29.7 Å². The van der Waals surface area contributed by atoms with Gasteiger partial charge in [-0.05, 0) is 69.5 Å². The standard InChI is InChI=1S/C14H21NS/c1-8-4-9(2)16-14(8)13(15-3)12-6-10-5-11(10)7-12/h4,10-13,15H,5-7H2,1-3H3. The van der Waals surface area contributed by atoms with Gasteiger partial charge in [0.2, 0.25) is 0 Å². The van der Waals surface area contributed by atoms with Crippen LogP contribution in [-0.4, -0.2) is 7.05 Å². The Hall–Kier alpha value is -0.340. The number of hydrogen-bond donors (Lipinski definition) is 1. The number of thiophene rings is 1. The summed E-state index contributed by atoms with van der Waals surface area (Å²) in [5.74, 6) is 3.06. The van der Waals surface area contributed by atoms with Crippen LogP contribution in [0.5, 0.6) is 0 Å². The molecule has 88 valence electrons. The summed E-state index contributed by atoms with van der Waals surface area (Å²) in [6.07, 6.45) is 4.45. The normalized spacial score (nSPS) is 33.8. The van der Waals surface area contributed by atoms with Gasteiger partial charge in [-0.1, -0.05) is 0 Å². The molecule has 0 bridgehead atoms. The van der Waals surface area contributed by atoms with Crippen LogP contribution < -0.4 is 5.32 Å². The fraction of sp³-hybridized carbons (Fsp3) is 0.714. The number of aryl methyl sites for hydroxylation is 2. The molecule has 1 N–H and O–H groups in total. The van der Waals surface area contributed by atoms with Crippen LogP contribution >= 0.6 is 11.3 Å². The molecule has 2 fully saturated rings. The Morgan fingerprint density at radius 1 is 1.25 bits per heavy atom. The molecule has 16 heavy (non-hydrogen) atoms. The summed E-state index contributed by atoms with van der Waals surface area (Å²) in [4.78, 5) is 3.04. The maximum absolute atomic E-state index is 3.57. The average Bonchev–Trinajstić information content (AvgIpc) is 2.70. The minimum atomic E-state index is 0.617. The highest BCUT2D eigenvalue weighted by molar-refractivity contribution is 7.12. The molecule has 0 aromatic carbocycles. The largest absolute Gasteiger partial charge is 0.312 e. The smallest absolute Gasteiger partial charge is 0.0443 e. The van der Waals surface area contributed by atoms with E-state index in [2.05, 4.69) is 32.3 Å². The Bertz CT molecular complexity index is 385. The molecule has 0 saturated heterocycles. The van der Waals surface area contributed by atoms with Crippen molar-refractivity contribution in [3.05, 3.63) is 21.4 Å². The molecule has 3 atom stereocenters. The first-order valence-corrected chi connectivity index (χ1v) is 7.25. The molecule has 1 aromatic heterocycles. The van der Waals surface area contributed by atoms with Crippen LogP contribution in [0.2, 0.25) is 0 Å². The van der Waals surface area contributed by atoms with Gasteiger partial charge in [0.15, 0.2) is 0 Å². The zero-order valence-corrected chi connectivity index (χ0v) is 11.2. The van der Waals surface area contributed by atoms with Crippen LogP contribution in [0.3, 0.4) is 0 Å². The quantitative estimate of drug-likeness (QED) is 0.843. The molecule has 0 radical (unpaired) electrons. The molecule has 2 heteroatoms. The lowest BCUT2D eigenvalue weighted by Gasteiger charge is -2.24. The van der Waals surface area contributed by atoms with Crippen molar-refractivity contribution in [1.29, 1.82) is 0 Å². The number of hydrogen-bond acceptors (Lipinski definition) is 2. The van der Waals surface area contributed by atoms with Crippen LogP contribution in [0.25, 0.3) is 0 Å². The molecular formula is C14H21NS. The molecule has 0 aliphatic heterocycles. The zero-order valence-electron chi connectivity index (χ0n) is 10.4.